The number of rotatable bonds is 7. The van der Waals surface area contributed by atoms with Crippen molar-refractivity contribution < 1.29 is 18.7 Å². The number of nitrogens with zero attached hydrogens (tertiary/aromatic N) is 1. The maximum Gasteiger partial charge on any atom is 0.235 e. The van der Waals surface area contributed by atoms with Crippen LogP contribution in [0.15, 0.2) is 48.5 Å². The van der Waals surface area contributed by atoms with Gasteiger partial charge in [-0.1, -0.05) is 26.0 Å². The lowest BCUT2D eigenvalue weighted by atomic mass is 9.73. The number of halogens is 1. The number of carbonyl (C=O) groups is 1. The molecule has 2 aliphatic heterocycles. The van der Waals surface area contributed by atoms with E-state index in [0.29, 0.717) is 32.7 Å². The van der Waals surface area contributed by atoms with Crippen LogP contribution in [-0.4, -0.2) is 50.3 Å². The summed E-state index contributed by atoms with van der Waals surface area (Å²) in [5.74, 6) is 1.89. The Balaban J connectivity index is 1.34. The van der Waals surface area contributed by atoms with Crippen LogP contribution in [0.25, 0.3) is 0 Å². The Morgan fingerprint density at radius 1 is 1.06 bits per heavy atom. The fourth-order valence-corrected chi connectivity index (χ4v) is 5.29. The van der Waals surface area contributed by atoms with Gasteiger partial charge in [0.15, 0.2) is 0 Å². The average molecular weight is 455 g/mol. The summed E-state index contributed by atoms with van der Waals surface area (Å²) in [6.45, 7) is 9.50. The Kier molecular flexibility index (Phi) is 7.66. The summed E-state index contributed by atoms with van der Waals surface area (Å²) in [5, 5.41) is 3.06. The van der Waals surface area contributed by atoms with Crippen LogP contribution in [0.4, 0.5) is 10.1 Å². The third kappa shape index (κ3) is 5.92. The molecule has 1 amide bonds. The fraction of sp³-hybridized carbons (Fsp3) is 0.519. The van der Waals surface area contributed by atoms with E-state index in [1.54, 1.807) is 12.1 Å². The molecule has 0 bridgehead atoms. The summed E-state index contributed by atoms with van der Waals surface area (Å²) in [5.41, 5.74) is 0.828. The lowest BCUT2D eigenvalue weighted by Crippen LogP contribution is -2.44. The summed E-state index contributed by atoms with van der Waals surface area (Å²) >= 11 is 0. The number of amides is 1. The van der Waals surface area contributed by atoms with Gasteiger partial charge in [0.25, 0.3) is 0 Å². The van der Waals surface area contributed by atoms with Gasteiger partial charge in [-0.2, -0.15) is 0 Å². The van der Waals surface area contributed by atoms with Crippen LogP contribution in [0.1, 0.15) is 38.7 Å². The Morgan fingerprint density at radius 3 is 2.33 bits per heavy atom. The van der Waals surface area contributed by atoms with Crippen molar-refractivity contribution in [3.8, 4) is 5.75 Å². The van der Waals surface area contributed by atoms with Crippen LogP contribution in [0, 0.1) is 17.7 Å². The third-order valence-electron chi connectivity index (χ3n) is 6.91. The van der Waals surface area contributed by atoms with Crippen molar-refractivity contribution in [1.82, 2.24) is 4.90 Å². The summed E-state index contributed by atoms with van der Waals surface area (Å²) in [6.07, 6.45) is 2.44. The van der Waals surface area contributed by atoms with Crippen LogP contribution in [0.5, 0.6) is 5.75 Å². The molecule has 0 radical (unpaired) electrons. The number of hydrogen-bond donors (Lipinski definition) is 1. The molecule has 2 aliphatic rings. The average Bonchev–Trinajstić information content (AvgIpc) is 2.80. The zero-order valence-corrected chi connectivity index (χ0v) is 19.7. The van der Waals surface area contributed by atoms with Crippen LogP contribution in [-0.2, 0) is 14.9 Å². The lowest BCUT2D eigenvalue weighted by molar-refractivity contribution is -0.125. The Hall–Kier alpha value is -2.44. The topological polar surface area (TPSA) is 50.8 Å². The van der Waals surface area contributed by atoms with Gasteiger partial charge in [0.1, 0.15) is 18.2 Å². The SMILES string of the molecule is CC1CC(C)CN(CCOc2ccc(NC(=O)C3(c4ccc(F)cc4)CCOCC3)cc2)C1. The van der Waals surface area contributed by atoms with Crippen LogP contribution in [0.3, 0.4) is 0 Å². The summed E-state index contributed by atoms with van der Waals surface area (Å²) in [7, 11) is 0. The Labute approximate surface area is 196 Å². The predicted molar refractivity (Wildman–Crippen MR) is 128 cm³/mol. The van der Waals surface area contributed by atoms with Crippen LogP contribution < -0.4 is 10.1 Å². The molecule has 178 valence electrons. The van der Waals surface area contributed by atoms with Crippen molar-refractivity contribution in [2.24, 2.45) is 11.8 Å². The molecule has 4 rings (SSSR count). The monoisotopic (exact) mass is 454 g/mol. The minimum atomic E-state index is -0.718. The summed E-state index contributed by atoms with van der Waals surface area (Å²) in [6, 6.07) is 13.8. The number of hydrogen-bond acceptors (Lipinski definition) is 4. The second-order valence-corrected chi connectivity index (χ2v) is 9.73. The number of benzene rings is 2. The van der Waals surface area contributed by atoms with Gasteiger partial charge in [0.2, 0.25) is 5.91 Å². The van der Waals surface area contributed by atoms with E-state index in [1.807, 2.05) is 24.3 Å². The van der Waals surface area contributed by atoms with Crippen LogP contribution >= 0.6 is 0 Å². The van der Waals surface area contributed by atoms with Gasteiger partial charge >= 0.3 is 0 Å². The number of anilines is 1. The van der Waals surface area contributed by atoms with E-state index in [1.165, 1.54) is 18.6 Å². The highest BCUT2D eigenvalue weighted by molar-refractivity contribution is 5.99. The second kappa shape index (κ2) is 10.7. The van der Waals surface area contributed by atoms with Crippen molar-refractivity contribution >= 4 is 11.6 Å². The van der Waals surface area contributed by atoms with Gasteiger partial charge in [0.05, 0.1) is 5.41 Å². The highest BCUT2D eigenvalue weighted by Crippen LogP contribution is 2.36. The van der Waals surface area contributed by atoms with E-state index >= 15 is 0 Å². The number of ether oxygens (including phenoxy) is 2. The van der Waals surface area contributed by atoms with E-state index in [-0.39, 0.29) is 11.7 Å². The first-order valence-corrected chi connectivity index (χ1v) is 12.0. The highest BCUT2D eigenvalue weighted by atomic mass is 19.1. The first-order valence-electron chi connectivity index (χ1n) is 12.0. The molecular weight excluding hydrogens is 419 g/mol. The molecule has 2 unspecified atom stereocenters. The molecule has 33 heavy (non-hydrogen) atoms. The minimum absolute atomic E-state index is 0.0839. The van der Waals surface area contributed by atoms with Gasteiger partial charge in [-0.05, 0) is 73.1 Å². The quantitative estimate of drug-likeness (QED) is 0.649. The van der Waals surface area contributed by atoms with E-state index in [9.17, 15) is 9.18 Å². The van der Waals surface area contributed by atoms with Crippen molar-refractivity contribution in [3.63, 3.8) is 0 Å². The van der Waals surface area contributed by atoms with Gasteiger partial charge in [-0.15, -0.1) is 0 Å². The molecule has 0 aromatic heterocycles. The number of likely N-dealkylation sites (tertiary alicyclic amines) is 1. The minimum Gasteiger partial charge on any atom is -0.492 e. The van der Waals surface area contributed by atoms with E-state index < -0.39 is 5.41 Å². The lowest BCUT2D eigenvalue weighted by Gasteiger charge is -2.36. The molecule has 2 aromatic rings. The largest absolute Gasteiger partial charge is 0.492 e. The Bertz CT molecular complexity index is 900. The molecule has 0 spiro atoms. The molecular formula is C27H35FN2O3. The summed E-state index contributed by atoms with van der Waals surface area (Å²) < 4.78 is 24.9. The number of carbonyl (C=O) groups excluding carboxylic acids is 1. The fourth-order valence-electron chi connectivity index (χ4n) is 5.29. The molecule has 5 nitrogen and oxygen atoms in total. The first-order chi connectivity index (χ1) is 15.9. The third-order valence-corrected chi connectivity index (χ3v) is 6.91. The van der Waals surface area contributed by atoms with Gasteiger partial charge in [0, 0.05) is 38.5 Å². The van der Waals surface area contributed by atoms with Crippen LogP contribution in [0.2, 0.25) is 0 Å². The van der Waals surface area contributed by atoms with E-state index in [2.05, 4.69) is 24.1 Å². The van der Waals surface area contributed by atoms with Crippen molar-refractivity contribution in [3.05, 3.63) is 59.9 Å². The maximum atomic E-state index is 13.5. The molecule has 2 heterocycles. The smallest absolute Gasteiger partial charge is 0.235 e. The molecule has 1 N–H and O–H groups in total. The van der Waals surface area contributed by atoms with Crippen molar-refractivity contribution in [2.75, 3.05) is 44.8 Å². The molecule has 2 saturated heterocycles. The molecule has 6 heteroatoms. The van der Waals surface area contributed by atoms with Gasteiger partial charge in [-0.3, -0.25) is 9.69 Å². The molecule has 2 fully saturated rings. The normalized spacial score (nSPS) is 23.1. The zero-order chi connectivity index (χ0) is 23.3. The van der Waals surface area contributed by atoms with Crippen molar-refractivity contribution in [1.29, 1.82) is 0 Å². The summed E-state index contributed by atoms with van der Waals surface area (Å²) in [4.78, 5) is 15.8. The molecule has 2 atom stereocenters. The molecule has 0 saturated carbocycles. The van der Waals surface area contributed by atoms with Gasteiger partial charge < -0.3 is 14.8 Å². The van der Waals surface area contributed by atoms with Gasteiger partial charge in [-0.25, -0.2) is 4.39 Å². The number of nitrogens with one attached hydrogen (secondary N) is 1. The number of piperidine rings is 1. The highest BCUT2D eigenvalue weighted by Gasteiger charge is 2.41. The Morgan fingerprint density at radius 2 is 1.70 bits per heavy atom. The van der Waals surface area contributed by atoms with E-state index in [4.69, 9.17) is 9.47 Å². The standard InChI is InChI=1S/C27H35FN2O3/c1-20-17-21(2)19-30(18-20)13-16-33-25-9-7-24(8-10-25)29-26(31)27(11-14-32-15-12-27)22-3-5-23(28)6-4-22/h3-10,20-21H,11-19H2,1-2H3,(H,29,31). The first kappa shape index (κ1) is 23.7. The predicted octanol–water partition coefficient (Wildman–Crippen LogP) is 4.87. The van der Waals surface area contributed by atoms with E-state index in [0.717, 1.165) is 48.5 Å². The zero-order valence-electron chi connectivity index (χ0n) is 19.7. The maximum absolute atomic E-state index is 13.5. The molecule has 2 aromatic carbocycles. The van der Waals surface area contributed by atoms with Crippen molar-refractivity contribution in [2.45, 2.75) is 38.5 Å². The second-order valence-electron chi connectivity index (χ2n) is 9.73. The molecule has 0 aliphatic carbocycles.